The van der Waals surface area contributed by atoms with Gasteiger partial charge in [0.15, 0.2) is 5.78 Å². The Morgan fingerprint density at radius 3 is 2.85 bits per heavy atom. The number of amides is 1. The lowest BCUT2D eigenvalue weighted by Crippen LogP contribution is -2.38. The molecule has 134 valence electrons. The van der Waals surface area contributed by atoms with Gasteiger partial charge in [-0.1, -0.05) is 24.3 Å². The summed E-state index contributed by atoms with van der Waals surface area (Å²) in [5.41, 5.74) is 2.46. The van der Waals surface area contributed by atoms with E-state index in [0.717, 1.165) is 22.6 Å². The Hall–Kier alpha value is -2.82. The molecule has 0 spiro atoms. The van der Waals surface area contributed by atoms with Gasteiger partial charge in [0.1, 0.15) is 17.6 Å². The molecular formula is C21H21NO4. The second-order valence-electron chi connectivity index (χ2n) is 6.89. The molecule has 2 unspecified atom stereocenters. The molecule has 2 aliphatic rings. The fraction of sp³-hybridized carbons (Fsp3) is 0.333. The van der Waals surface area contributed by atoms with E-state index in [0.29, 0.717) is 18.7 Å². The predicted octanol–water partition coefficient (Wildman–Crippen LogP) is 3.17. The maximum Gasteiger partial charge on any atom is 0.231 e. The third kappa shape index (κ3) is 2.83. The Morgan fingerprint density at radius 1 is 1.23 bits per heavy atom. The normalized spacial score (nSPS) is 21.5. The maximum absolute atomic E-state index is 13.2. The van der Waals surface area contributed by atoms with Crippen LogP contribution in [0.2, 0.25) is 0 Å². The summed E-state index contributed by atoms with van der Waals surface area (Å²) in [7, 11) is 1.62. The molecule has 1 aliphatic heterocycles. The first-order valence-corrected chi connectivity index (χ1v) is 8.81. The van der Waals surface area contributed by atoms with Gasteiger partial charge in [-0.2, -0.15) is 0 Å². The minimum atomic E-state index is -0.398. The molecule has 0 bridgehead atoms. The van der Waals surface area contributed by atoms with Crippen molar-refractivity contribution in [3.8, 4) is 11.5 Å². The second-order valence-corrected chi connectivity index (χ2v) is 6.89. The van der Waals surface area contributed by atoms with Crippen LogP contribution >= 0.6 is 0 Å². The van der Waals surface area contributed by atoms with Gasteiger partial charge in [0.25, 0.3) is 0 Å². The molecule has 0 radical (unpaired) electrons. The summed E-state index contributed by atoms with van der Waals surface area (Å²) in [4.78, 5) is 27.3. The summed E-state index contributed by atoms with van der Waals surface area (Å²) in [5, 5.41) is 0. The number of ketones is 1. The van der Waals surface area contributed by atoms with Gasteiger partial charge in [0.2, 0.25) is 5.91 Å². The van der Waals surface area contributed by atoms with E-state index in [1.807, 2.05) is 48.2 Å². The van der Waals surface area contributed by atoms with E-state index < -0.39 is 5.92 Å². The van der Waals surface area contributed by atoms with Crippen molar-refractivity contribution in [2.45, 2.75) is 31.9 Å². The van der Waals surface area contributed by atoms with Crippen molar-refractivity contribution < 1.29 is 19.1 Å². The molecule has 1 heterocycles. The van der Waals surface area contributed by atoms with Crippen LogP contribution in [0.4, 0.5) is 0 Å². The average molecular weight is 351 g/mol. The number of benzene rings is 2. The van der Waals surface area contributed by atoms with Gasteiger partial charge < -0.3 is 14.4 Å². The van der Waals surface area contributed by atoms with Crippen LogP contribution in [0.3, 0.4) is 0 Å². The number of ether oxygens (including phenoxy) is 2. The third-order valence-electron chi connectivity index (χ3n) is 5.08. The first-order valence-electron chi connectivity index (χ1n) is 8.81. The Kier molecular flexibility index (Phi) is 4.15. The summed E-state index contributed by atoms with van der Waals surface area (Å²) < 4.78 is 11.3. The smallest absolute Gasteiger partial charge is 0.231 e. The Bertz CT molecular complexity index is 876. The maximum atomic E-state index is 13.2. The highest BCUT2D eigenvalue weighted by Crippen LogP contribution is 2.36. The molecule has 1 aliphatic carbocycles. The first-order chi connectivity index (χ1) is 12.6. The van der Waals surface area contributed by atoms with E-state index in [4.69, 9.17) is 9.47 Å². The molecule has 2 aromatic rings. The number of methoxy groups -OCH3 is 1. The highest BCUT2D eigenvalue weighted by atomic mass is 16.5. The zero-order valence-electron chi connectivity index (χ0n) is 14.9. The zero-order chi connectivity index (χ0) is 18.3. The monoisotopic (exact) mass is 351 g/mol. The average Bonchev–Trinajstić information content (AvgIpc) is 2.88. The quantitative estimate of drug-likeness (QED) is 0.834. The largest absolute Gasteiger partial charge is 0.497 e. The van der Waals surface area contributed by atoms with Crippen molar-refractivity contribution in [2.24, 2.45) is 0 Å². The zero-order valence-corrected chi connectivity index (χ0v) is 14.9. The van der Waals surface area contributed by atoms with Gasteiger partial charge in [-0.15, -0.1) is 0 Å². The molecule has 1 amide bonds. The fourth-order valence-corrected chi connectivity index (χ4v) is 3.81. The number of Topliss-reactive ketones (excluding diaryl/α,β-unsaturated/α-hetero) is 1. The summed E-state index contributed by atoms with van der Waals surface area (Å²) in [5.74, 6) is 1.11. The SMILES string of the molecule is COc1ccc2c(c1)OC(C)CN(C(=O)C1CC(=O)c3ccccc31)C2. The van der Waals surface area contributed by atoms with Crippen molar-refractivity contribution in [3.05, 3.63) is 59.2 Å². The molecule has 4 rings (SSSR count). The number of carbonyl (C=O) groups excluding carboxylic acids is 2. The molecule has 0 saturated carbocycles. The molecule has 0 fully saturated rings. The molecule has 2 aromatic carbocycles. The standard InChI is InChI=1S/C21H21NO4/c1-13-11-22(12-14-7-8-15(25-2)9-20(14)26-13)21(24)18-10-19(23)17-6-4-3-5-16(17)18/h3-9,13,18H,10-12H2,1-2H3. The lowest BCUT2D eigenvalue weighted by Gasteiger charge is -2.25. The number of carbonyl (C=O) groups is 2. The van der Waals surface area contributed by atoms with Crippen molar-refractivity contribution in [1.29, 1.82) is 0 Å². The third-order valence-corrected chi connectivity index (χ3v) is 5.08. The molecular weight excluding hydrogens is 330 g/mol. The molecule has 5 heteroatoms. The molecule has 0 saturated heterocycles. The number of fused-ring (bicyclic) bond motifs is 2. The topological polar surface area (TPSA) is 55.8 Å². The van der Waals surface area contributed by atoms with Crippen LogP contribution in [0.25, 0.3) is 0 Å². The van der Waals surface area contributed by atoms with Crippen LogP contribution in [0, 0.1) is 0 Å². The van der Waals surface area contributed by atoms with Gasteiger partial charge in [0.05, 0.1) is 19.6 Å². The van der Waals surface area contributed by atoms with Crippen LogP contribution < -0.4 is 9.47 Å². The summed E-state index contributed by atoms with van der Waals surface area (Å²) in [6.07, 6.45) is 0.110. The highest BCUT2D eigenvalue weighted by Gasteiger charge is 2.37. The van der Waals surface area contributed by atoms with Crippen molar-refractivity contribution in [3.63, 3.8) is 0 Å². The van der Waals surface area contributed by atoms with Crippen LogP contribution in [-0.4, -0.2) is 36.3 Å². The Morgan fingerprint density at radius 2 is 2.04 bits per heavy atom. The van der Waals surface area contributed by atoms with Crippen molar-refractivity contribution in [2.75, 3.05) is 13.7 Å². The Balaban J connectivity index is 1.63. The van der Waals surface area contributed by atoms with Crippen molar-refractivity contribution in [1.82, 2.24) is 4.90 Å². The van der Waals surface area contributed by atoms with Crippen LogP contribution in [0.5, 0.6) is 11.5 Å². The van der Waals surface area contributed by atoms with Gasteiger partial charge in [0, 0.05) is 30.2 Å². The lowest BCUT2D eigenvalue weighted by atomic mass is 9.99. The van der Waals surface area contributed by atoms with Gasteiger partial charge in [-0.3, -0.25) is 9.59 Å². The van der Waals surface area contributed by atoms with Crippen LogP contribution in [-0.2, 0) is 11.3 Å². The number of nitrogens with zero attached hydrogens (tertiary/aromatic N) is 1. The van der Waals surface area contributed by atoms with E-state index in [1.165, 1.54) is 0 Å². The number of rotatable bonds is 2. The number of hydrogen-bond donors (Lipinski definition) is 0. The summed E-state index contributed by atoms with van der Waals surface area (Å²) >= 11 is 0. The van der Waals surface area contributed by atoms with Gasteiger partial charge >= 0.3 is 0 Å². The van der Waals surface area contributed by atoms with Gasteiger partial charge in [-0.05, 0) is 24.6 Å². The van der Waals surface area contributed by atoms with E-state index in [-0.39, 0.29) is 24.2 Å². The molecule has 0 N–H and O–H groups in total. The summed E-state index contributed by atoms with van der Waals surface area (Å²) in [6, 6.07) is 13.1. The predicted molar refractivity (Wildman–Crippen MR) is 96.6 cm³/mol. The fourth-order valence-electron chi connectivity index (χ4n) is 3.81. The summed E-state index contributed by atoms with van der Waals surface area (Å²) in [6.45, 7) is 2.90. The lowest BCUT2D eigenvalue weighted by molar-refractivity contribution is -0.134. The van der Waals surface area contributed by atoms with Crippen LogP contribution in [0.1, 0.15) is 40.7 Å². The minimum absolute atomic E-state index is 0.0116. The van der Waals surface area contributed by atoms with E-state index >= 15 is 0 Å². The molecule has 2 atom stereocenters. The number of hydrogen-bond acceptors (Lipinski definition) is 4. The first kappa shape index (κ1) is 16.6. The molecule has 26 heavy (non-hydrogen) atoms. The Labute approximate surface area is 152 Å². The highest BCUT2D eigenvalue weighted by molar-refractivity contribution is 6.06. The van der Waals surface area contributed by atoms with Crippen molar-refractivity contribution >= 4 is 11.7 Å². The second kappa shape index (κ2) is 6.48. The van der Waals surface area contributed by atoms with E-state index in [1.54, 1.807) is 13.2 Å². The van der Waals surface area contributed by atoms with E-state index in [9.17, 15) is 9.59 Å². The van der Waals surface area contributed by atoms with Crippen LogP contribution in [0.15, 0.2) is 42.5 Å². The van der Waals surface area contributed by atoms with E-state index in [2.05, 4.69) is 0 Å². The van der Waals surface area contributed by atoms with Gasteiger partial charge in [-0.25, -0.2) is 0 Å². The molecule has 0 aromatic heterocycles. The minimum Gasteiger partial charge on any atom is -0.497 e. The molecule has 5 nitrogen and oxygen atoms in total.